The first kappa shape index (κ1) is 13.5. The van der Waals surface area contributed by atoms with Gasteiger partial charge in [0.1, 0.15) is 11.6 Å². The zero-order chi connectivity index (χ0) is 12.8. The lowest BCUT2D eigenvalue weighted by Gasteiger charge is -2.20. The number of rotatable bonds is 6. The van der Waals surface area contributed by atoms with Gasteiger partial charge in [0.2, 0.25) is 5.95 Å². The fraction of sp³-hybridized carbons (Fsp3) is 0.636. The number of aliphatic hydroxyl groups excluding tert-OH is 1. The third kappa shape index (κ3) is 4.07. The molecule has 0 aliphatic heterocycles. The van der Waals surface area contributed by atoms with Crippen molar-refractivity contribution >= 4 is 17.6 Å². The topological polar surface area (TPSA) is 96.1 Å². The van der Waals surface area contributed by atoms with Gasteiger partial charge in [-0.25, -0.2) is 0 Å². The van der Waals surface area contributed by atoms with E-state index in [1.165, 1.54) is 0 Å². The highest BCUT2D eigenvalue weighted by molar-refractivity contribution is 5.51. The average Bonchev–Trinajstić information content (AvgIpc) is 2.25. The molecule has 0 aliphatic rings. The van der Waals surface area contributed by atoms with Crippen molar-refractivity contribution in [2.24, 2.45) is 5.92 Å². The molecule has 0 spiro atoms. The molecule has 0 saturated carbocycles. The monoisotopic (exact) mass is 239 g/mol. The van der Waals surface area contributed by atoms with E-state index in [9.17, 15) is 5.11 Å². The van der Waals surface area contributed by atoms with Gasteiger partial charge in [0.05, 0.1) is 12.6 Å². The van der Waals surface area contributed by atoms with Gasteiger partial charge in [0.15, 0.2) is 0 Å². The summed E-state index contributed by atoms with van der Waals surface area (Å²) in [4.78, 5) is 8.15. The molecule has 0 fully saturated rings. The molecule has 1 rings (SSSR count). The van der Waals surface area contributed by atoms with E-state index in [1.807, 2.05) is 20.8 Å². The van der Waals surface area contributed by atoms with Crippen LogP contribution in [0.4, 0.5) is 17.6 Å². The molecule has 1 aromatic rings. The Hall–Kier alpha value is -1.56. The van der Waals surface area contributed by atoms with E-state index in [1.54, 1.807) is 6.07 Å². The minimum absolute atomic E-state index is 0.0428. The smallest absolute Gasteiger partial charge is 0.223 e. The Bertz CT molecular complexity index is 356. The van der Waals surface area contributed by atoms with Crippen LogP contribution in [0, 0.1) is 5.92 Å². The number of hydrogen-bond acceptors (Lipinski definition) is 6. The molecule has 1 atom stereocenters. The van der Waals surface area contributed by atoms with Gasteiger partial charge < -0.3 is 21.5 Å². The van der Waals surface area contributed by atoms with E-state index in [4.69, 9.17) is 5.73 Å². The highest BCUT2D eigenvalue weighted by atomic mass is 16.3. The normalized spacial score (nSPS) is 12.5. The van der Waals surface area contributed by atoms with Crippen LogP contribution in [0.1, 0.15) is 20.8 Å². The summed E-state index contributed by atoms with van der Waals surface area (Å²) in [6.07, 6.45) is 0. The second kappa shape index (κ2) is 6.24. The Labute approximate surface area is 102 Å². The van der Waals surface area contributed by atoms with Gasteiger partial charge in [-0.3, -0.25) is 0 Å². The zero-order valence-electron chi connectivity index (χ0n) is 10.6. The van der Waals surface area contributed by atoms with Gasteiger partial charge >= 0.3 is 0 Å². The molecule has 1 aromatic heterocycles. The number of aliphatic hydroxyl groups is 1. The van der Waals surface area contributed by atoms with Crippen LogP contribution < -0.4 is 16.4 Å². The van der Waals surface area contributed by atoms with Crippen LogP contribution in [0.2, 0.25) is 0 Å². The van der Waals surface area contributed by atoms with Crippen LogP contribution in [0.15, 0.2) is 6.07 Å². The summed E-state index contributed by atoms with van der Waals surface area (Å²) in [5, 5.41) is 15.5. The summed E-state index contributed by atoms with van der Waals surface area (Å²) < 4.78 is 0. The number of nitrogen functional groups attached to an aromatic ring is 1. The van der Waals surface area contributed by atoms with Crippen molar-refractivity contribution in [3.63, 3.8) is 0 Å². The molecule has 0 radical (unpaired) electrons. The zero-order valence-corrected chi connectivity index (χ0v) is 10.6. The highest BCUT2D eigenvalue weighted by Crippen LogP contribution is 2.15. The standard InChI is InChI=1S/C11H21N5O/c1-4-13-9-5-10(16-11(12)15-9)14-8(6-17)7(2)3/h5,7-8,17H,4,6H2,1-3H3,(H4,12,13,14,15,16)/t8-/m1/s1. The van der Waals surface area contributed by atoms with Crippen LogP contribution in [0.5, 0.6) is 0 Å². The molecule has 0 aliphatic carbocycles. The quantitative estimate of drug-likeness (QED) is 0.589. The molecule has 0 aromatic carbocycles. The molecule has 6 nitrogen and oxygen atoms in total. The van der Waals surface area contributed by atoms with Crippen molar-refractivity contribution in [1.29, 1.82) is 0 Å². The number of hydrogen-bond donors (Lipinski definition) is 4. The second-order valence-corrected chi connectivity index (χ2v) is 4.20. The van der Waals surface area contributed by atoms with Crippen LogP contribution in [0.25, 0.3) is 0 Å². The van der Waals surface area contributed by atoms with Crippen molar-refractivity contribution < 1.29 is 5.11 Å². The molecule has 17 heavy (non-hydrogen) atoms. The van der Waals surface area contributed by atoms with E-state index in [0.717, 1.165) is 6.54 Å². The summed E-state index contributed by atoms with van der Waals surface area (Å²) in [7, 11) is 0. The van der Waals surface area contributed by atoms with Crippen molar-refractivity contribution in [3.05, 3.63) is 6.07 Å². The van der Waals surface area contributed by atoms with Crippen molar-refractivity contribution in [1.82, 2.24) is 9.97 Å². The Kier molecular flexibility index (Phi) is 4.96. The lowest BCUT2D eigenvalue weighted by molar-refractivity contribution is 0.249. The van der Waals surface area contributed by atoms with Gasteiger partial charge in [-0.15, -0.1) is 0 Å². The number of anilines is 3. The van der Waals surface area contributed by atoms with Crippen molar-refractivity contribution in [2.45, 2.75) is 26.8 Å². The Balaban J connectivity index is 2.82. The second-order valence-electron chi connectivity index (χ2n) is 4.20. The molecule has 96 valence electrons. The Morgan fingerprint density at radius 2 is 2.00 bits per heavy atom. The van der Waals surface area contributed by atoms with E-state index in [-0.39, 0.29) is 18.6 Å². The summed E-state index contributed by atoms with van der Waals surface area (Å²) in [6.45, 7) is 6.87. The number of nitrogens with two attached hydrogens (primary N) is 1. The first-order valence-electron chi connectivity index (χ1n) is 5.82. The molecule has 0 unspecified atom stereocenters. The molecular formula is C11H21N5O. The van der Waals surface area contributed by atoms with Gasteiger partial charge in [0, 0.05) is 12.6 Å². The third-order valence-electron chi connectivity index (χ3n) is 2.44. The largest absolute Gasteiger partial charge is 0.394 e. The first-order chi connectivity index (χ1) is 8.06. The lowest BCUT2D eigenvalue weighted by Crippen LogP contribution is -2.30. The number of aromatic nitrogens is 2. The fourth-order valence-corrected chi connectivity index (χ4v) is 1.42. The van der Waals surface area contributed by atoms with E-state index >= 15 is 0 Å². The molecule has 6 heteroatoms. The minimum atomic E-state index is -0.0428. The first-order valence-corrected chi connectivity index (χ1v) is 5.82. The van der Waals surface area contributed by atoms with Crippen LogP contribution in [-0.2, 0) is 0 Å². The Morgan fingerprint density at radius 1 is 1.35 bits per heavy atom. The minimum Gasteiger partial charge on any atom is -0.394 e. The highest BCUT2D eigenvalue weighted by Gasteiger charge is 2.13. The maximum absolute atomic E-state index is 9.25. The van der Waals surface area contributed by atoms with Crippen LogP contribution in [0.3, 0.4) is 0 Å². The van der Waals surface area contributed by atoms with Gasteiger partial charge in [-0.2, -0.15) is 9.97 Å². The predicted octanol–water partition coefficient (Wildman–Crippen LogP) is 0.919. The lowest BCUT2D eigenvalue weighted by atomic mass is 10.1. The number of nitrogens with one attached hydrogen (secondary N) is 2. The van der Waals surface area contributed by atoms with Crippen LogP contribution >= 0.6 is 0 Å². The van der Waals surface area contributed by atoms with E-state index < -0.39 is 0 Å². The fourth-order valence-electron chi connectivity index (χ4n) is 1.42. The van der Waals surface area contributed by atoms with Gasteiger partial charge in [-0.1, -0.05) is 13.8 Å². The molecule has 5 N–H and O–H groups in total. The Morgan fingerprint density at radius 3 is 2.53 bits per heavy atom. The molecule has 1 heterocycles. The van der Waals surface area contributed by atoms with Gasteiger partial charge in [-0.05, 0) is 12.8 Å². The predicted molar refractivity (Wildman–Crippen MR) is 69.9 cm³/mol. The molecule has 0 amide bonds. The van der Waals surface area contributed by atoms with E-state index in [2.05, 4.69) is 20.6 Å². The number of nitrogens with zero attached hydrogens (tertiary/aromatic N) is 2. The van der Waals surface area contributed by atoms with Gasteiger partial charge in [0.25, 0.3) is 0 Å². The van der Waals surface area contributed by atoms with Crippen molar-refractivity contribution in [3.8, 4) is 0 Å². The average molecular weight is 239 g/mol. The third-order valence-corrected chi connectivity index (χ3v) is 2.44. The molecular weight excluding hydrogens is 218 g/mol. The summed E-state index contributed by atoms with van der Waals surface area (Å²) in [5.74, 6) is 1.83. The summed E-state index contributed by atoms with van der Waals surface area (Å²) in [6, 6.07) is 1.74. The summed E-state index contributed by atoms with van der Waals surface area (Å²) in [5.41, 5.74) is 5.62. The molecule has 0 bridgehead atoms. The van der Waals surface area contributed by atoms with Crippen LogP contribution in [-0.4, -0.2) is 34.3 Å². The van der Waals surface area contributed by atoms with E-state index in [0.29, 0.717) is 17.6 Å². The SMILES string of the molecule is CCNc1cc(N[C@H](CO)C(C)C)nc(N)n1. The summed E-state index contributed by atoms with van der Waals surface area (Å²) >= 11 is 0. The molecule has 0 saturated heterocycles. The maximum Gasteiger partial charge on any atom is 0.223 e. The maximum atomic E-state index is 9.25. The van der Waals surface area contributed by atoms with Crippen molar-refractivity contribution in [2.75, 3.05) is 29.5 Å².